The first kappa shape index (κ1) is 23.8. The molecule has 30 heavy (non-hydrogen) atoms. The Labute approximate surface area is 182 Å². The molecule has 0 aliphatic rings. The summed E-state index contributed by atoms with van der Waals surface area (Å²) in [4.78, 5) is 15.7. The molecule has 1 aromatic heterocycles. The van der Waals surface area contributed by atoms with Gasteiger partial charge in [0.05, 0.1) is 10.8 Å². The molecule has 0 saturated carbocycles. The van der Waals surface area contributed by atoms with Gasteiger partial charge in [0.15, 0.2) is 0 Å². The maximum Gasteiger partial charge on any atom is 0.312 e. The first-order valence-electron chi connectivity index (χ1n) is 9.21. The number of aromatic nitrogens is 1. The van der Waals surface area contributed by atoms with E-state index >= 15 is 0 Å². The first-order chi connectivity index (χ1) is 13.9. The molecule has 0 amide bonds. The van der Waals surface area contributed by atoms with Crippen LogP contribution in [0.25, 0.3) is 10.8 Å². The maximum absolute atomic E-state index is 12.7. The number of halogens is 1. The molecular weight excluding hydrogens is 426 g/mol. The molecule has 7 nitrogen and oxygen atoms in total. The van der Waals surface area contributed by atoms with Crippen molar-refractivity contribution >= 4 is 39.2 Å². The fourth-order valence-electron chi connectivity index (χ4n) is 3.08. The lowest BCUT2D eigenvalue weighted by atomic mass is 9.99. The van der Waals surface area contributed by atoms with Crippen LogP contribution in [0.1, 0.15) is 18.4 Å². The van der Waals surface area contributed by atoms with Crippen molar-refractivity contribution in [1.29, 1.82) is 0 Å². The lowest BCUT2D eigenvalue weighted by Crippen LogP contribution is -2.41. The molecule has 2 aromatic carbocycles. The van der Waals surface area contributed by atoms with Gasteiger partial charge in [-0.1, -0.05) is 36.4 Å². The number of carbonyl (C=O) groups is 1. The van der Waals surface area contributed by atoms with Crippen molar-refractivity contribution in [1.82, 2.24) is 15.0 Å². The fourth-order valence-corrected chi connectivity index (χ4v) is 4.36. The molecule has 2 atom stereocenters. The quantitative estimate of drug-likeness (QED) is 0.463. The van der Waals surface area contributed by atoms with E-state index in [0.29, 0.717) is 12.1 Å². The van der Waals surface area contributed by atoms with Gasteiger partial charge in [-0.2, -0.15) is 0 Å². The van der Waals surface area contributed by atoms with E-state index in [-0.39, 0.29) is 23.8 Å². The van der Waals surface area contributed by atoms with Gasteiger partial charge in [-0.05, 0) is 36.1 Å². The van der Waals surface area contributed by atoms with Crippen molar-refractivity contribution < 1.29 is 18.3 Å². The van der Waals surface area contributed by atoms with Crippen LogP contribution in [-0.2, 0) is 14.8 Å². The number of hydrogen-bond donors (Lipinski definition) is 3. The third-order valence-electron chi connectivity index (χ3n) is 4.58. The number of nitrogens with zero attached hydrogens (tertiary/aromatic N) is 1. The van der Waals surface area contributed by atoms with Crippen LogP contribution in [0.3, 0.4) is 0 Å². The van der Waals surface area contributed by atoms with Crippen molar-refractivity contribution in [2.75, 3.05) is 13.1 Å². The third-order valence-corrected chi connectivity index (χ3v) is 6.16. The van der Waals surface area contributed by atoms with E-state index < -0.39 is 28.0 Å². The molecule has 3 rings (SSSR count). The summed E-state index contributed by atoms with van der Waals surface area (Å²) in [6, 6.07) is 15.2. The summed E-state index contributed by atoms with van der Waals surface area (Å²) in [6.45, 7) is 2.23. The number of aliphatic carboxylic acids is 1. The summed E-state index contributed by atoms with van der Waals surface area (Å²) >= 11 is 0. The Morgan fingerprint density at radius 3 is 2.50 bits per heavy atom. The number of hydrogen-bond acceptors (Lipinski definition) is 5. The normalized spacial score (nSPS) is 13.4. The van der Waals surface area contributed by atoms with E-state index in [1.54, 1.807) is 67.8 Å². The van der Waals surface area contributed by atoms with Crippen molar-refractivity contribution in [2.24, 2.45) is 0 Å². The highest BCUT2D eigenvalue weighted by Crippen LogP contribution is 2.18. The van der Waals surface area contributed by atoms with Crippen LogP contribution < -0.4 is 10.0 Å². The number of carboxylic acid groups (broad SMARTS) is 1. The Morgan fingerprint density at radius 1 is 1.07 bits per heavy atom. The van der Waals surface area contributed by atoms with Gasteiger partial charge in [0.2, 0.25) is 10.0 Å². The molecule has 0 aliphatic carbocycles. The second-order valence-corrected chi connectivity index (χ2v) is 8.58. The molecule has 0 radical (unpaired) electrons. The second kappa shape index (κ2) is 10.5. The molecule has 0 bridgehead atoms. The highest BCUT2D eigenvalue weighted by atomic mass is 35.5. The summed E-state index contributed by atoms with van der Waals surface area (Å²) < 4.78 is 28.0. The van der Waals surface area contributed by atoms with Crippen molar-refractivity contribution in [3.8, 4) is 0 Å². The number of sulfonamides is 1. The fraction of sp³-hybridized carbons (Fsp3) is 0.238. The predicted octanol–water partition coefficient (Wildman–Crippen LogP) is 2.78. The average molecular weight is 450 g/mol. The Morgan fingerprint density at radius 2 is 1.80 bits per heavy atom. The first-order valence-corrected chi connectivity index (χ1v) is 10.7. The molecule has 1 unspecified atom stereocenters. The smallest absolute Gasteiger partial charge is 0.312 e. The Bertz CT molecular complexity index is 1090. The van der Waals surface area contributed by atoms with Gasteiger partial charge in [0.25, 0.3) is 0 Å². The number of fused-ring (bicyclic) bond motifs is 1. The summed E-state index contributed by atoms with van der Waals surface area (Å²) in [5, 5.41) is 14.2. The van der Waals surface area contributed by atoms with Crippen LogP contribution in [0.4, 0.5) is 0 Å². The highest BCUT2D eigenvalue weighted by molar-refractivity contribution is 7.89. The Kier molecular flexibility index (Phi) is 8.31. The number of pyridine rings is 1. The number of carboxylic acids is 1. The van der Waals surface area contributed by atoms with Crippen LogP contribution in [0.5, 0.6) is 0 Å². The zero-order valence-electron chi connectivity index (χ0n) is 16.4. The molecule has 0 fully saturated rings. The SMILES string of the molecule is C[C@H](CNCC(C(=O)O)c1ccccc1)NS(=O)(=O)c1ccc2cnccc2c1.Cl. The highest BCUT2D eigenvalue weighted by Gasteiger charge is 2.21. The Hall–Kier alpha value is -2.52. The van der Waals surface area contributed by atoms with E-state index in [4.69, 9.17) is 0 Å². The van der Waals surface area contributed by atoms with E-state index in [1.807, 2.05) is 6.07 Å². The summed E-state index contributed by atoms with van der Waals surface area (Å²) in [5.74, 6) is -1.63. The molecule has 3 N–H and O–H groups in total. The number of benzene rings is 2. The molecule has 1 heterocycles. The van der Waals surface area contributed by atoms with Crippen LogP contribution in [0, 0.1) is 0 Å². The van der Waals surface area contributed by atoms with Gasteiger partial charge >= 0.3 is 5.97 Å². The number of rotatable bonds is 9. The topological polar surface area (TPSA) is 108 Å². The molecule has 0 aliphatic heterocycles. The van der Waals surface area contributed by atoms with Crippen molar-refractivity contribution in [2.45, 2.75) is 23.8 Å². The third kappa shape index (κ3) is 5.99. The summed E-state index contributed by atoms with van der Waals surface area (Å²) in [7, 11) is -3.70. The monoisotopic (exact) mass is 449 g/mol. The minimum absolute atomic E-state index is 0. The minimum Gasteiger partial charge on any atom is -0.481 e. The standard InChI is InChI=1S/C21H23N3O4S.ClH/c1-15(12-23-14-20(21(25)26)16-5-3-2-4-6-16)24-29(27,28)19-8-7-18-13-22-10-9-17(18)11-19;/h2-11,13,15,20,23-24H,12,14H2,1H3,(H,25,26);1H/t15-,20?;/m1./s1. The van der Waals surface area contributed by atoms with Crippen LogP contribution in [-0.4, -0.2) is 43.6 Å². The maximum atomic E-state index is 12.7. The van der Waals surface area contributed by atoms with Gasteiger partial charge in [-0.25, -0.2) is 13.1 Å². The van der Waals surface area contributed by atoms with Crippen molar-refractivity contribution in [3.63, 3.8) is 0 Å². The lowest BCUT2D eigenvalue weighted by molar-refractivity contribution is -0.138. The molecule has 3 aromatic rings. The van der Waals surface area contributed by atoms with E-state index in [9.17, 15) is 18.3 Å². The van der Waals surface area contributed by atoms with Crippen molar-refractivity contribution in [3.05, 3.63) is 72.6 Å². The van der Waals surface area contributed by atoms with Crippen LogP contribution >= 0.6 is 12.4 Å². The van der Waals surface area contributed by atoms with E-state index in [0.717, 1.165) is 10.8 Å². The van der Waals surface area contributed by atoms with E-state index in [1.165, 1.54) is 0 Å². The largest absolute Gasteiger partial charge is 0.481 e. The molecule has 0 saturated heterocycles. The van der Waals surface area contributed by atoms with Gasteiger partial charge in [0, 0.05) is 36.9 Å². The van der Waals surface area contributed by atoms with Gasteiger partial charge in [-0.15, -0.1) is 12.4 Å². The lowest BCUT2D eigenvalue weighted by Gasteiger charge is -2.18. The zero-order chi connectivity index (χ0) is 20.9. The molecular formula is C21H24ClN3O4S. The number of nitrogens with one attached hydrogen (secondary N) is 2. The average Bonchev–Trinajstić information content (AvgIpc) is 2.71. The molecule has 0 spiro atoms. The molecule has 9 heteroatoms. The second-order valence-electron chi connectivity index (χ2n) is 6.87. The van der Waals surface area contributed by atoms with E-state index in [2.05, 4.69) is 15.0 Å². The predicted molar refractivity (Wildman–Crippen MR) is 118 cm³/mol. The summed E-state index contributed by atoms with van der Waals surface area (Å²) in [5.41, 5.74) is 0.700. The Balaban J connectivity index is 0.00000320. The molecule has 160 valence electrons. The van der Waals surface area contributed by atoms with Gasteiger partial charge in [0.1, 0.15) is 0 Å². The zero-order valence-corrected chi connectivity index (χ0v) is 18.0. The van der Waals surface area contributed by atoms with Crippen LogP contribution in [0.15, 0.2) is 71.9 Å². The minimum atomic E-state index is -3.70. The van der Waals surface area contributed by atoms with Gasteiger partial charge < -0.3 is 10.4 Å². The summed E-state index contributed by atoms with van der Waals surface area (Å²) in [6.07, 6.45) is 3.29. The van der Waals surface area contributed by atoms with Crippen LogP contribution in [0.2, 0.25) is 0 Å². The van der Waals surface area contributed by atoms with Gasteiger partial charge in [-0.3, -0.25) is 9.78 Å².